The van der Waals surface area contributed by atoms with Crippen LogP contribution in [0.25, 0.3) is 0 Å². The Labute approximate surface area is 306 Å². The summed E-state index contributed by atoms with van der Waals surface area (Å²) in [5, 5.41) is 2.96. The van der Waals surface area contributed by atoms with Crippen LogP contribution in [0.3, 0.4) is 0 Å². The van der Waals surface area contributed by atoms with E-state index in [1.54, 1.807) is 28.0 Å². The third kappa shape index (κ3) is 12.5. The predicted octanol–water partition coefficient (Wildman–Crippen LogP) is 4.56. The second-order valence-corrected chi connectivity index (χ2v) is 16.0. The minimum Gasteiger partial charge on any atom is -0.490 e. The summed E-state index contributed by atoms with van der Waals surface area (Å²) in [7, 11) is -2.69. The highest BCUT2D eigenvalue weighted by atomic mass is 32.2. The second-order valence-electron chi connectivity index (χ2n) is 14.4. The summed E-state index contributed by atoms with van der Waals surface area (Å²) in [4.78, 5) is 59.2. The smallest absolute Gasteiger partial charge is 0.410 e. The van der Waals surface area contributed by atoms with Crippen molar-refractivity contribution in [2.45, 2.75) is 89.2 Å². The first-order chi connectivity index (χ1) is 24.6. The lowest BCUT2D eigenvalue weighted by molar-refractivity contribution is -0.141. The molecule has 2 saturated heterocycles. The average molecular weight is 745 g/mol. The van der Waals surface area contributed by atoms with E-state index in [9.17, 15) is 27.6 Å². The van der Waals surface area contributed by atoms with Crippen LogP contribution in [0.1, 0.15) is 82.9 Å². The third-order valence-electron chi connectivity index (χ3n) is 9.13. The quantitative estimate of drug-likeness (QED) is 0.163. The Morgan fingerprint density at radius 2 is 1.69 bits per heavy atom. The minimum absolute atomic E-state index is 0.00266. The number of likely N-dealkylation sites (tertiary alicyclic amines) is 2. The van der Waals surface area contributed by atoms with Gasteiger partial charge in [-0.15, -0.1) is 0 Å². The normalized spacial score (nSPS) is 17.6. The molecule has 286 valence electrons. The summed E-state index contributed by atoms with van der Waals surface area (Å²) in [6.45, 7) is 9.10. The Morgan fingerprint density at radius 3 is 2.37 bits per heavy atom. The number of esters is 1. The number of rotatable bonds is 14. The number of hydrogen-bond donors (Lipinski definition) is 1. The summed E-state index contributed by atoms with van der Waals surface area (Å²) in [6, 6.07) is 7.14. The molecule has 2 aliphatic heterocycles. The minimum atomic E-state index is -3.96. The van der Waals surface area contributed by atoms with E-state index in [-0.39, 0.29) is 49.0 Å². The summed E-state index contributed by atoms with van der Waals surface area (Å²) >= 11 is 0. The summed E-state index contributed by atoms with van der Waals surface area (Å²) in [6.07, 6.45) is 6.45. The Hall–Kier alpha value is -4.24. The third-order valence-corrected chi connectivity index (χ3v) is 10.5. The van der Waals surface area contributed by atoms with Crippen LogP contribution in [-0.4, -0.2) is 99.2 Å². The van der Waals surface area contributed by atoms with Gasteiger partial charge < -0.3 is 29.3 Å². The number of aryl methyl sites for hydroxylation is 1. The molecule has 14 nitrogen and oxygen atoms in total. The summed E-state index contributed by atoms with van der Waals surface area (Å²) in [5.74, 6) is -0.662. The summed E-state index contributed by atoms with van der Waals surface area (Å²) < 4.78 is 46.1. The van der Waals surface area contributed by atoms with E-state index in [4.69, 9.17) is 18.4 Å². The van der Waals surface area contributed by atoms with Gasteiger partial charge in [0, 0.05) is 38.8 Å². The summed E-state index contributed by atoms with van der Waals surface area (Å²) in [5.41, 5.74) is 0.869. The molecule has 0 spiro atoms. The number of ether oxygens (including phenoxy) is 3. The molecule has 0 radical (unpaired) electrons. The Bertz CT molecular complexity index is 1640. The van der Waals surface area contributed by atoms with Crippen molar-refractivity contribution in [3.05, 3.63) is 53.9 Å². The van der Waals surface area contributed by atoms with Gasteiger partial charge in [0.1, 0.15) is 24.6 Å². The molecule has 1 N–H and O–H groups in total. The van der Waals surface area contributed by atoms with Crippen molar-refractivity contribution < 1.29 is 46.0 Å². The topological polar surface area (TPSA) is 171 Å². The van der Waals surface area contributed by atoms with Crippen molar-refractivity contribution in [1.29, 1.82) is 0 Å². The molecule has 3 amide bonds. The first-order valence-corrected chi connectivity index (χ1v) is 19.2. The molecule has 2 fully saturated rings. The molecule has 2 aliphatic rings. The number of piperidine rings is 2. The van der Waals surface area contributed by atoms with Gasteiger partial charge in [0.05, 0.1) is 36.6 Å². The average Bonchev–Trinajstić information content (AvgIpc) is 3.12. The van der Waals surface area contributed by atoms with E-state index in [1.807, 2.05) is 27.7 Å². The molecule has 1 aromatic carbocycles. The number of benzene rings is 1. The van der Waals surface area contributed by atoms with Gasteiger partial charge in [0.2, 0.25) is 11.8 Å². The first-order valence-electron chi connectivity index (χ1n) is 17.8. The van der Waals surface area contributed by atoms with Crippen LogP contribution in [0.4, 0.5) is 4.79 Å². The molecule has 2 aromatic rings. The molecule has 1 aromatic heterocycles. The van der Waals surface area contributed by atoms with E-state index in [0.29, 0.717) is 56.1 Å². The van der Waals surface area contributed by atoms with Crippen molar-refractivity contribution >= 4 is 34.0 Å². The highest BCUT2D eigenvalue weighted by Gasteiger charge is 2.32. The zero-order valence-electron chi connectivity index (χ0n) is 30.8. The number of carbonyl (C=O) groups excluding carboxylic acids is 4. The maximum Gasteiger partial charge on any atom is 0.410 e. The number of hydrogen-bond acceptors (Lipinski definition) is 11. The molecule has 52 heavy (non-hydrogen) atoms. The van der Waals surface area contributed by atoms with Gasteiger partial charge >= 0.3 is 12.1 Å². The van der Waals surface area contributed by atoms with Crippen molar-refractivity contribution in [2.75, 3.05) is 46.5 Å². The molecule has 3 heterocycles. The van der Waals surface area contributed by atoms with Crippen LogP contribution in [0.15, 0.2) is 47.6 Å². The van der Waals surface area contributed by atoms with Crippen LogP contribution in [0.5, 0.6) is 5.75 Å². The van der Waals surface area contributed by atoms with Crippen LogP contribution < -0.4 is 10.1 Å². The SMILES string of the molecule is COC(=O)CC(NC(=O)[C@@H]1CCCN(C(=O)CCC2CCN(C(=O)OC(C)(C)C)CC2)C1)c1cncc(OCCOS(=O)(=O)c2ccc(C)cc2)c1. The Morgan fingerprint density at radius 1 is 0.981 bits per heavy atom. The maximum atomic E-state index is 13.6. The number of carbonyl (C=O) groups is 4. The number of aromatic nitrogens is 1. The lowest BCUT2D eigenvalue weighted by Gasteiger charge is -2.35. The Kier molecular flexibility index (Phi) is 14.4. The van der Waals surface area contributed by atoms with Crippen LogP contribution in [0.2, 0.25) is 0 Å². The standard InChI is InChI=1S/C37H52N4O10S/c1-26-8-11-31(12-9-26)52(46,47)50-20-19-49-30-21-29(23-38-24-30)32(22-34(43)48-5)39-35(44)28-7-6-16-41(25-28)33(42)13-10-27-14-17-40(18-15-27)36(45)51-37(2,3)4/h8-9,11-12,21,23-24,27-28,32H,6-7,10,13-20,22,25H2,1-5H3,(H,39,44)/t28-,32?/m1/s1. The molecule has 0 aliphatic carbocycles. The lowest BCUT2D eigenvalue weighted by atomic mass is 9.91. The van der Waals surface area contributed by atoms with Gasteiger partial charge in [-0.1, -0.05) is 17.7 Å². The number of pyridine rings is 1. The fourth-order valence-electron chi connectivity index (χ4n) is 6.21. The van der Waals surface area contributed by atoms with E-state index >= 15 is 0 Å². The van der Waals surface area contributed by atoms with Crippen LogP contribution >= 0.6 is 0 Å². The van der Waals surface area contributed by atoms with Crippen molar-refractivity contribution in [3.8, 4) is 5.75 Å². The molecular weight excluding hydrogens is 692 g/mol. The van der Waals surface area contributed by atoms with E-state index < -0.39 is 33.6 Å². The molecule has 0 saturated carbocycles. The predicted molar refractivity (Wildman–Crippen MR) is 191 cm³/mol. The van der Waals surface area contributed by atoms with Crippen molar-refractivity contribution in [2.24, 2.45) is 11.8 Å². The monoisotopic (exact) mass is 744 g/mol. The van der Waals surface area contributed by atoms with Gasteiger partial charge in [-0.3, -0.25) is 23.6 Å². The Balaban J connectivity index is 1.27. The number of nitrogens with zero attached hydrogens (tertiary/aromatic N) is 3. The molecule has 1 unspecified atom stereocenters. The number of amides is 3. The highest BCUT2D eigenvalue weighted by Crippen LogP contribution is 2.27. The van der Waals surface area contributed by atoms with Crippen molar-refractivity contribution in [1.82, 2.24) is 20.1 Å². The maximum absolute atomic E-state index is 13.6. The fraction of sp³-hybridized carbons (Fsp3) is 0.595. The second kappa shape index (κ2) is 18.5. The molecular formula is C37H52N4O10S. The zero-order chi connectivity index (χ0) is 37.9. The van der Waals surface area contributed by atoms with Crippen LogP contribution in [0, 0.1) is 18.8 Å². The molecule has 2 atom stereocenters. The molecule has 4 rings (SSSR count). The zero-order valence-corrected chi connectivity index (χ0v) is 31.6. The van der Waals surface area contributed by atoms with Gasteiger partial charge in [0.25, 0.3) is 10.1 Å². The first kappa shape index (κ1) is 40.5. The van der Waals surface area contributed by atoms with Gasteiger partial charge in [0.15, 0.2) is 0 Å². The largest absolute Gasteiger partial charge is 0.490 e. The van der Waals surface area contributed by atoms with Crippen LogP contribution in [-0.2, 0) is 38.2 Å². The van der Waals surface area contributed by atoms with Gasteiger partial charge in [-0.05, 0) is 89.5 Å². The molecule has 15 heteroatoms. The van der Waals surface area contributed by atoms with E-state index in [1.165, 1.54) is 31.6 Å². The van der Waals surface area contributed by atoms with Gasteiger partial charge in [-0.2, -0.15) is 8.42 Å². The van der Waals surface area contributed by atoms with Gasteiger partial charge in [-0.25, -0.2) is 4.79 Å². The fourth-order valence-corrected chi connectivity index (χ4v) is 7.10. The molecule has 0 bridgehead atoms. The number of methoxy groups -OCH3 is 1. The van der Waals surface area contributed by atoms with E-state index in [0.717, 1.165) is 24.8 Å². The highest BCUT2D eigenvalue weighted by molar-refractivity contribution is 7.86. The van der Waals surface area contributed by atoms with Crippen molar-refractivity contribution in [3.63, 3.8) is 0 Å². The van der Waals surface area contributed by atoms with E-state index in [2.05, 4.69) is 10.3 Å². The number of nitrogens with one attached hydrogen (secondary N) is 1. The lowest BCUT2D eigenvalue weighted by Crippen LogP contribution is -2.46.